The van der Waals surface area contributed by atoms with Crippen molar-refractivity contribution in [3.8, 4) is 0 Å². The molecule has 0 saturated heterocycles. The smallest absolute Gasteiger partial charge is 0.241 e. The first-order valence-electron chi connectivity index (χ1n) is 8.94. The van der Waals surface area contributed by atoms with Crippen LogP contribution in [-0.4, -0.2) is 24.2 Å². The second-order valence-corrected chi connectivity index (χ2v) is 7.86. The average molecular weight is 332 g/mol. The largest absolute Gasteiger partial charge is 0.378 e. The third-order valence-electron chi connectivity index (χ3n) is 5.69. The fourth-order valence-electron chi connectivity index (χ4n) is 3.40. The van der Waals surface area contributed by atoms with Crippen LogP contribution in [0.15, 0.2) is 24.3 Å². The number of rotatable bonds is 6. The van der Waals surface area contributed by atoms with E-state index in [1.165, 1.54) is 5.56 Å². The molecule has 2 rings (SSSR count). The van der Waals surface area contributed by atoms with Gasteiger partial charge in [-0.1, -0.05) is 52.0 Å². The highest BCUT2D eigenvalue weighted by molar-refractivity contribution is 5.89. The monoisotopic (exact) mass is 332 g/mol. The molecule has 0 aliphatic heterocycles. The van der Waals surface area contributed by atoms with Gasteiger partial charge in [0.2, 0.25) is 5.91 Å². The summed E-state index contributed by atoms with van der Waals surface area (Å²) >= 11 is 0. The van der Waals surface area contributed by atoms with E-state index in [2.05, 4.69) is 43.4 Å². The van der Waals surface area contributed by atoms with Crippen molar-refractivity contribution < 1.29 is 9.53 Å². The quantitative estimate of drug-likeness (QED) is 0.838. The minimum absolute atomic E-state index is 0.0406. The summed E-state index contributed by atoms with van der Waals surface area (Å²) in [7, 11) is 0. The van der Waals surface area contributed by atoms with Crippen LogP contribution in [0.3, 0.4) is 0 Å². The molecule has 0 aromatic heterocycles. The number of nitrogens with two attached hydrogens (primary N) is 1. The van der Waals surface area contributed by atoms with Crippen LogP contribution in [0.4, 0.5) is 0 Å². The first-order chi connectivity index (χ1) is 11.1. The summed E-state index contributed by atoms with van der Waals surface area (Å²) in [5, 5.41) is 3.09. The third-order valence-corrected chi connectivity index (χ3v) is 5.69. The van der Waals surface area contributed by atoms with Crippen LogP contribution in [-0.2, 0) is 9.53 Å². The van der Waals surface area contributed by atoms with E-state index in [-0.39, 0.29) is 23.5 Å². The van der Waals surface area contributed by atoms with E-state index >= 15 is 0 Å². The molecule has 3 unspecified atom stereocenters. The summed E-state index contributed by atoms with van der Waals surface area (Å²) < 4.78 is 5.70. The minimum Gasteiger partial charge on any atom is -0.378 e. The molecule has 0 spiro atoms. The van der Waals surface area contributed by atoms with Crippen LogP contribution in [0.1, 0.15) is 71.0 Å². The lowest BCUT2D eigenvalue weighted by Gasteiger charge is -2.57. The van der Waals surface area contributed by atoms with E-state index in [4.69, 9.17) is 10.5 Å². The number of benzene rings is 1. The van der Waals surface area contributed by atoms with Gasteiger partial charge in [0.15, 0.2) is 0 Å². The van der Waals surface area contributed by atoms with E-state index in [9.17, 15) is 4.79 Å². The van der Waals surface area contributed by atoms with E-state index in [0.29, 0.717) is 18.9 Å². The average Bonchev–Trinajstić information content (AvgIpc) is 2.54. The Bertz CT molecular complexity index is 580. The van der Waals surface area contributed by atoms with Crippen LogP contribution >= 0.6 is 0 Å². The van der Waals surface area contributed by atoms with Gasteiger partial charge >= 0.3 is 0 Å². The van der Waals surface area contributed by atoms with Crippen molar-refractivity contribution in [3.05, 3.63) is 35.4 Å². The Balaban J connectivity index is 2.04. The van der Waals surface area contributed by atoms with Crippen molar-refractivity contribution in [1.29, 1.82) is 0 Å². The zero-order valence-corrected chi connectivity index (χ0v) is 15.8. The Kier molecular flexibility index (Phi) is 5.41. The lowest BCUT2D eigenvalue weighted by atomic mass is 9.54. The Labute approximate surface area is 146 Å². The van der Waals surface area contributed by atoms with Gasteiger partial charge in [0.1, 0.15) is 5.54 Å². The van der Waals surface area contributed by atoms with Crippen LogP contribution in [0.2, 0.25) is 0 Å². The number of ether oxygens (including phenoxy) is 1. The zero-order chi connectivity index (χ0) is 18.1. The molecule has 0 bridgehead atoms. The molecule has 4 heteroatoms. The number of carbonyl (C=O) groups is 1. The molecule has 4 nitrogen and oxygen atoms in total. The molecule has 24 heavy (non-hydrogen) atoms. The number of amides is 1. The van der Waals surface area contributed by atoms with Crippen molar-refractivity contribution in [2.45, 2.75) is 71.6 Å². The van der Waals surface area contributed by atoms with Gasteiger partial charge in [0.05, 0.1) is 12.1 Å². The van der Waals surface area contributed by atoms with Crippen molar-refractivity contribution in [1.82, 2.24) is 5.32 Å². The molecule has 1 amide bonds. The second-order valence-electron chi connectivity index (χ2n) is 7.86. The van der Waals surface area contributed by atoms with Gasteiger partial charge in [-0.25, -0.2) is 0 Å². The lowest BCUT2D eigenvalue weighted by Crippen LogP contribution is -2.75. The Morgan fingerprint density at radius 2 is 1.79 bits per heavy atom. The Morgan fingerprint density at radius 3 is 2.25 bits per heavy atom. The predicted molar refractivity (Wildman–Crippen MR) is 97.8 cm³/mol. The molecule has 1 saturated carbocycles. The molecule has 1 aliphatic carbocycles. The van der Waals surface area contributed by atoms with E-state index in [1.807, 2.05) is 27.7 Å². The van der Waals surface area contributed by atoms with E-state index in [1.54, 1.807) is 0 Å². The number of nitrogens with one attached hydrogen (secondary N) is 1. The van der Waals surface area contributed by atoms with Gasteiger partial charge in [-0.05, 0) is 30.9 Å². The van der Waals surface area contributed by atoms with Crippen molar-refractivity contribution in [3.63, 3.8) is 0 Å². The van der Waals surface area contributed by atoms with Crippen molar-refractivity contribution >= 4 is 5.91 Å². The molecule has 1 fully saturated rings. The number of carbonyl (C=O) groups excluding carboxylic acids is 1. The summed E-state index contributed by atoms with van der Waals surface area (Å²) in [4.78, 5) is 12.8. The normalized spacial score (nSPS) is 26.8. The highest BCUT2D eigenvalue weighted by Crippen LogP contribution is 2.50. The predicted octanol–water partition coefficient (Wildman–Crippen LogP) is 3.52. The maximum absolute atomic E-state index is 12.8. The summed E-state index contributed by atoms with van der Waals surface area (Å²) in [5.41, 5.74) is 7.59. The van der Waals surface area contributed by atoms with Crippen LogP contribution < -0.4 is 11.1 Å². The lowest BCUT2D eigenvalue weighted by molar-refractivity contribution is -0.171. The molecule has 0 heterocycles. The molecule has 1 aliphatic rings. The zero-order valence-electron chi connectivity index (χ0n) is 15.8. The molecular weight excluding hydrogens is 300 g/mol. The summed E-state index contributed by atoms with van der Waals surface area (Å²) in [6, 6.07) is 8.34. The first kappa shape index (κ1) is 18.9. The summed E-state index contributed by atoms with van der Waals surface area (Å²) in [6.45, 7) is 13.0. The van der Waals surface area contributed by atoms with Gasteiger partial charge < -0.3 is 15.8 Å². The highest BCUT2D eigenvalue weighted by atomic mass is 16.5. The SMILES string of the molecule is CCOC1CC(N)(C(=O)NC(C)c2ccc(C(C)C)cc2)C1(C)C. The molecule has 3 atom stereocenters. The fourth-order valence-corrected chi connectivity index (χ4v) is 3.40. The summed E-state index contributed by atoms with van der Waals surface area (Å²) in [6.07, 6.45) is 0.609. The second kappa shape index (κ2) is 6.85. The molecular formula is C20H32N2O2. The van der Waals surface area contributed by atoms with Crippen LogP contribution in [0, 0.1) is 5.41 Å². The number of hydrogen-bond donors (Lipinski definition) is 2. The van der Waals surface area contributed by atoms with Crippen LogP contribution in [0.5, 0.6) is 0 Å². The third kappa shape index (κ3) is 3.22. The van der Waals surface area contributed by atoms with Crippen LogP contribution in [0.25, 0.3) is 0 Å². The number of hydrogen-bond acceptors (Lipinski definition) is 3. The Morgan fingerprint density at radius 1 is 1.25 bits per heavy atom. The molecule has 1 aromatic rings. The standard InChI is InChI=1S/C20H32N2O2/c1-7-24-17-12-20(21,19(17,5)6)18(23)22-14(4)16-10-8-15(9-11-16)13(2)3/h8-11,13-14,17H,7,12,21H2,1-6H3,(H,22,23). The topological polar surface area (TPSA) is 64.3 Å². The first-order valence-corrected chi connectivity index (χ1v) is 8.94. The van der Waals surface area contributed by atoms with Gasteiger partial charge in [-0.2, -0.15) is 0 Å². The molecule has 134 valence electrons. The molecule has 1 aromatic carbocycles. The van der Waals surface area contributed by atoms with Gasteiger partial charge in [0, 0.05) is 18.4 Å². The van der Waals surface area contributed by atoms with Gasteiger partial charge in [0.25, 0.3) is 0 Å². The molecule has 0 radical (unpaired) electrons. The van der Waals surface area contributed by atoms with Gasteiger partial charge in [-0.3, -0.25) is 4.79 Å². The van der Waals surface area contributed by atoms with E-state index in [0.717, 1.165) is 5.56 Å². The Hall–Kier alpha value is -1.39. The maximum Gasteiger partial charge on any atom is 0.241 e. The maximum atomic E-state index is 12.8. The van der Waals surface area contributed by atoms with Crippen molar-refractivity contribution in [2.24, 2.45) is 11.1 Å². The van der Waals surface area contributed by atoms with Gasteiger partial charge in [-0.15, -0.1) is 0 Å². The van der Waals surface area contributed by atoms with E-state index < -0.39 is 5.54 Å². The summed E-state index contributed by atoms with van der Waals surface area (Å²) in [5.74, 6) is 0.409. The fraction of sp³-hybridized carbons (Fsp3) is 0.650. The highest BCUT2D eigenvalue weighted by Gasteiger charge is 2.62. The minimum atomic E-state index is -0.876. The van der Waals surface area contributed by atoms with Crippen molar-refractivity contribution in [2.75, 3.05) is 6.61 Å². The molecule has 3 N–H and O–H groups in total.